The summed E-state index contributed by atoms with van der Waals surface area (Å²) in [4.78, 5) is 3.99. The van der Waals surface area contributed by atoms with Gasteiger partial charge >= 0.3 is 0 Å². The second kappa shape index (κ2) is 4.55. The zero-order valence-electron chi connectivity index (χ0n) is 8.47. The van der Waals surface area contributed by atoms with E-state index in [1.54, 1.807) is 24.4 Å². The van der Waals surface area contributed by atoms with E-state index in [2.05, 4.69) is 4.98 Å². The van der Waals surface area contributed by atoms with Gasteiger partial charge in [0.1, 0.15) is 0 Å². The Morgan fingerprint density at radius 2 is 2.07 bits per heavy atom. The normalized spacial score (nSPS) is 11.9. The second-order valence-electron chi connectivity index (χ2n) is 3.77. The first kappa shape index (κ1) is 11.2. The van der Waals surface area contributed by atoms with Gasteiger partial charge in [0.15, 0.2) is 9.84 Å². The SMILES string of the molecule is CC(C)CS(=O)(=O)Cc1ccccn1. The second-order valence-corrected chi connectivity index (χ2v) is 5.88. The van der Waals surface area contributed by atoms with E-state index < -0.39 is 9.84 Å². The zero-order valence-corrected chi connectivity index (χ0v) is 9.29. The lowest BCUT2D eigenvalue weighted by molar-refractivity contribution is 0.581. The van der Waals surface area contributed by atoms with Gasteiger partial charge in [0, 0.05) is 6.20 Å². The van der Waals surface area contributed by atoms with E-state index in [9.17, 15) is 8.42 Å². The van der Waals surface area contributed by atoms with Gasteiger partial charge in [-0.15, -0.1) is 0 Å². The Morgan fingerprint density at radius 3 is 2.57 bits per heavy atom. The van der Waals surface area contributed by atoms with Crippen LogP contribution in [0.2, 0.25) is 0 Å². The van der Waals surface area contributed by atoms with Crippen molar-refractivity contribution in [1.82, 2.24) is 4.98 Å². The summed E-state index contributed by atoms with van der Waals surface area (Å²) in [6.45, 7) is 3.80. The molecule has 78 valence electrons. The minimum Gasteiger partial charge on any atom is -0.260 e. The van der Waals surface area contributed by atoms with Crippen molar-refractivity contribution in [2.24, 2.45) is 5.92 Å². The lowest BCUT2D eigenvalue weighted by atomic mass is 10.3. The van der Waals surface area contributed by atoms with Gasteiger partial charge in [0.25, 0.3) is 0 Å². The van der Waals surface area contributed by atoms with Gasteiger partial charge < -0.3 is 0 Å². The summed E-state index contributed by atoms with van der Waals surface area (Å²) in [5.41, 5.74) is 0.619. The summed E-state index contributed by atoms with van der Waals surface area (Å²) >= 11 is 0. The number of rotatable bonds is 4. The van der Waals surface area contributed by atoms with E-state index in [0.29, 0.717) is 5.69 Å². The largest absolute Gasteiger partial charge is 0.260 e. The van der Waals surface area contributed by atoms with E-state index in [4.69, 9.17) is 0 Å². The number of pyridine rings is 1. The van der Waals surface area contributed by atoms with Crippen molar-refractivity contribution >= 4 is 9.84 Å². The minimum atomic E-state index is -3.00. The molecule has 14 heavy (non-hydrogen) atoms. The van der Waals surface area contributed by atoms with E-state index in [0.717, 1.165) is 0 Å². The molecule has 0 spiro atoms. The van der Waals surface area contributed by atoms with Crippen LogP contribution in [0.1, 0.15) is 19.5 Å². The number of hydrogen-bond acceptors (Lipinski definition) is 3. The zero-order chi connectivity index (χ0) is 10.6. The van der Waals surface area contributed by atoms with E-state index in [1.165, 1.54) is 0 Å². The van der Waals surface area contributed by atoms with E-state index >= 15 is 0 Å². The molecule has 0 N–H and O–H groups in total. The number of hydrogen-bond donors (Lipinski definition) is 0. The predicted molar refractivity (Wildman–Crippen MR) is 56.6 cm³/mol. The Morgan fingerprint density at radius 1 is 1.36 bits per heavy atom. The molecular weight excluding hydrogens is 198 g/mol. The Bertz CT molecular complexity index is 370. The molecule has 3 nitrogen and oxygen atoms in total. The van der Waals surface area contributed by atoms with Crippen LogP contribution in [0.5, 0.6) is 0 Å². The fraction of sp³-hybridized carbons (Fsp3) is 0.500. The number of sulfone groups is 1. The molecule has 0 aliphatic rings. The number of aromatic nitrogens is 1. The summed E-state index contributed by atoms with van der Waals surface area (Å²) in [5.74, 6) is 0.444. The molecule has 1 rings (SSSR count). The van der Waals surface area contributed by atoms with Crippen molar-refractivity contribution in [2.45, 2.75) is 19.6 Å². The fourth-order valence-corrected chi connectivity index (χ4v) is 3.03. The van der Waals surface area contributed by atoms with Crippen LogP contribution in [0.3, 0.4) is 0 Å². The van der Waals surface area contributed by atoms with Crippen LogP contribution >= 0.6 is 0 Å². The van der Waals surface area contributed by atoms with Gasteiger partial charge in [0.2, 0.25) is 0 Å². The molecule has 4 heteroatoms. The third-order valence-corrected chi connectivity index (χ3v) is 3.59. The van der Waals surface area contributed by atoms with Crippen molar-refractivity contribution in [2.75, 3.05) is 5.75 Å². The molecule has 0 saturated carbocycles. The maximum Gasteiger partial charge on any atom is 0.156 e. The third-order valence-electron chi connectivity index (χ3n) is 1.68. The van der Waals surface area contributed by atoms with Gasteiger partial charge in [-0.1, -0.05) is 19.9 Å². The summed E-state index contributed by atoms with van der Waals surface area (Å²) in [5, 5.41) is 0. The highest BCUT2D eigenvalue weighted by molar-refractivity contribution is 7.90. The highest BCUT2D eigenvalue weighted by atomic mass is 32.2. The van der Waals surface area contributed by atoms with Crippen molar-refractivity contribution in [1.29, 1.82) is 0 Å². The Balaban J connectivity index is 2.70. The van der Waals surface area contributed by atoms with Gasteiger partial charge in [-0.2, -0.15) is 0 Å². The van der Waals surface area contributed by atoms with Crippen LogP contribution in [0.4, 0.5) is 0 Å². The summed E-state index contributed by atoms with van der Waals surface area (Å²) < 4.78 is 23.1. The predicted octanol–water partition coefficient (Wildman–Crippen LogP) is 1.65. The quantitative estimate of drug-likeness (QED) is 0.764. The van der Waals surface area contributed by atoms with Crippen LogP contribution in [0, 0.1) is 5.92 Å². The standard InChI is InChI=1S/C10H15NO2S/c1-9(2)7-14(12,13)8-10-5-3-4-6-11-10/h3-6,9H,7-8H2,1-2H3. The first-order chi connectivity index (χ1) is 6.49. The molecule has 0 unspecified atom stereocenters. The molecule has 1 aromatic rings. The maximum atomic E-state index is 11.6. The Labute approximate surface area is 85.1 Å². The van der Waals surface area contributed by atoms with Gasteiger partial charge in [-0.25, -0.2) is 8.42 Å². The first-order valence-electron chi connectivity index (χ1n) is 4.60. The molecular formula is C10H15NO2S. The highest BCUT2D eigenvalue weighted by Crippen LogP contribution is 2.07. The average molecular weight is 213 g/mol. The third kappa shape index (κ3) is 3.87. The fourth-order valence-electron chi connectivity index (χ4n) is 1.28. The summed E-state index contributed by atoms with van der Waals surface area (Å²) in [7, 11) is -3.00. The molecule has 0 radical (unpaired) electrons. The van der Waals surface area contributed by atoms with Crippen molar-refractivity contribution < 1.29 is 8.42 Å². The van der Waals surface area contributed by atoms with Gasteiger partial charge in [-0.05, 0) is 18.1 Å². The molecule has 0 aromatic carbocycles. The van der Waals surface area contributed by atoms with Crippen LogP contribution in [-0.4, -0.2) is 19.2 Å². The van der Waals surface area contributed by atoms with Crippen LogP contribution in [0.15, 0.2) is 24.4 Å². The molecule has 0 fully saturated rings. The highest BCUT2D eigenvalue weighted by Gasteiger charge is 2.14. The van der Waals surface area contributed by atoms with Crippen LogP contribution in [0.25, 0.3) is 0 Å². The molecule has 0 aliphatic carbocycles. The molecule has 0 aliphatic heterocycles. The van der Waals surface area contributed by atoms with Gasteiger partial charge in [0.05, 0.1) is 17.2 Å². The minimum absolute atomic E-state index is 0.0476. The average Bonchev–Trinajstić information content (AvgIpc) is 2.02. The summed E-state index contributed by atoms with van der Waals surface area (Å²) in [6.07, 6.45) is 1.61. The van der Waals surface area contributed by atoms with Crippen molar-refractivity contribution in [3.05, 3.63) is 30.1 Å². The lowest BCUT2D eigenvalue weighted by Crippen LogP contribution is -2.14. The van der Waals surface area contributed by atoms with E-state index in [1.807, 2.05) is 13.8 Å². The molecule has 0 amide bonds. The van der Waals surface area contributed by atoms with Crippen LogP contribution < -0.4 is 0 Å². The van der Waals surface area contributed by atoms with Crippen LogP contribution in [-0.2, 0) is 15.6 Å². The number of nitrogens with zero attached hydrogens (tertiary/aromatic N) is 1. The lowest BCUT2D eigenvalue weighted by Gasteiger charge is -2.05. The molecule has 1 aromatic heterocycles. The van der Waals surface area contributed by atoms with Gasteiger partial charge in [-0.3, -0.25) is 4.98 Å². The molecule has 0 atom stereocenters. The molecule has 0 bridgehead atoms. The monoisotopic (exact) mass is 213 g/mol. The first-order valence-corrected chi connectivity index (χ1v) is 6.42. The smallest absolute Gasteiger partial charge is 0.156 e. The molecule has 1 heterocycles. The van der Waals surface area contributed by atoms with Crippen molar-refractivity contribution in [3.8, 4) is 0 Å². The maximum absolute atomic E-state index is 11.6. The Hall–Kier alpha value is -0.900. The van der Waals surface area contributed by atoms with E-state index in [-0.39, 0.29) is 17.4 Å². The topological polar surface area (TPSA) is 47.0 Å². The van der Waals surface area contributed by atoms with Crippen molar-refractivity contribution in [3.63, 3.8) is 0 Å². The molecule has 0 saturated heterocycles. The summed E-state index contributed by atoms with van der Waals surface area (Å²) in [6, 6.07) is 5.31. The Kier molecular flexibility index (Phi) is 3.63.